The third-order valence-corrected chi connectivity index (χ3v) is 4.36. The second-order valence-corrected chi connectivity index (χ2v) is 6.62. The Kier molecular flexibility index (Phi) is 8.22. The zero-order valence-corrected chi connectivity index (χ0v) is 16.0. The predicted octanol–water partition coefficient (Wildman–Crippen LogP) is 3.02. The van der Waals surface area contributed by atoms with E-state index >= 15 is 0 Å². The standard InChI is InChI=1S/C19H29F3N4O/c1-3-23-18(25-12-16-7-5-6-8-17(16)27-4-2)24-11-15-9-10-26(13-15)14-19(20,21)22/h5-8,15H,3-4,9-14H2,1-2H3,(H2,23,24,25). The molecule has 0 aromatic heterocycles. The Morgan fingerprint density at radius 2 is 2.04 bits per heavy atom. The fourth-order valence-electron chi connectivity index (χ4n) is 3.15. The van der Waals surface area contributed by atoms with Crippen LogP contribution in [-0.2, 0) is 6.54 Å². The lowest BCUT2D eigenvalue weighted by Gasteiger charge is -2.18. The zero-order valence-electron chi connectivity index (χ0n) is 16.0. The number of ether oxygens (including phenoxy) is 1. The number of aliphatic imine (C=N–C) groups is 1. The Morgan fingerprint density at radius 1 is 1.26 bits per heavy atom. The maximum atomic E-state index is 12.5. The summed E-state index contributed by atoms with van der Waals surface area (Å²) < 4.78 is 43.1. The van der Waals surface area contributed by atoms with Gasteiger partial charge in [-0.15, -0.1) is 0 Å². The van der Waals surface area contributed by atoms with Crippen LogP contribution in [0.4, 0.5) is 13.2 Å². The first-order valence-corrected chi connectivity index (χ1v) is 9.43. The number of halogens is 3. The number of rotatable bonds is 8. The van der Waals surface area contributed by atoms with Crippen molar-refractivity contribution in [1.29, 1.82) is 0 Å². The van der Waals surface area contributed by atoms with Crippen LogP contribution in [0.15, 0.2) is 29.3 Å². The molecule has 1 aliphatic rings. The molecule has 1 atom stereocenters. The molecule has 0 amide bonds. The number of guanidine groups is 1. The maximum absolute atomic E-state index is 12.5. The summed E-state index contributed by atoms with van der Waals surface area (Å²) in [5.41, 5.74) is 0.994. The third-order valence-electron chi connectivity index (χ3n) is 4.36. The molecule has 0 saturated carbocycles. The van der Waals surface area contributed by atoms with E-state index in [9.17, 15) is 13.2 Å². The van der Waals surface area contributed by atoms with Gasteiger partial charge < -0.3 is 15.4 Å². The number of alkyl halides is 3. The number of hydrogen-bond acceptors (Lipinski definition) is 3. The van der Waals surface area contributed by atoms with E-state index < -0.39 is 12.7 Å². The van der Waals surface area contributed by atoms with Crippen LogP contribution in [0.5, 0.6) is 5.75 Å². The SMILES string of the molecule is CCNC(=NCc1ccccc1OCC)NCC1CCN(CC(F)(F)F)C1. The van der Waals surface area contributed by atoms with Crippen molar-refractivity contribution in [2.45, 2.75) is 33.0 Å². The summed E-state index contributed by atoms with van der Waals surface area (Å²) in [5, 5.41) is 6.44. The molecule has 0 radical (unpaired) electrons. The minimum atomic E-state index is -4.13. The van der Waals surface area contributed by atoms with Gasteiger partial charge in [0.15, 0.2) is 5.96 Å². The fraction of sp³-hybridized carbons (Fsp3) is 0.632. The van der Waals surface area contributed by atoms with Gasteiger partial charge in [-0.1, -0.05) is 18.2 Å². The van der Waals surface area contributed by atoms with Crippen molar-refractivity contribution < 1.29 is 17.9 Å². The fourth-order valence-corrected chi connectivity index (χ4v) is 3.15. The van der Waals surface area contributed by atoms with Crippen LogP contribution < -0.4 is 15.4 Å². The van der Waals surface area contributed by atoms with E-state index in [4.69, 9.17) is 4.74 Å². The average Bonchev–Trinajstić information content (AvgIpc) is 3.04. The topological polar surface area (TPSA) is 48.9 Å². The normalized spacial score (nSPS) is 18.6. The van der Waals surface area contributed by atoms with E-state index in [-0.39, 0.29) is 5.92 Å². The van der Waals surface area contributed by atoms with Crippen LogP contribution in [0.3, 0.4) is 0 Å². The summed E-state index contributed by atoms with van der Waals surface area (Å²) in [6.45, 7) is 6.41. The minimum Gasteiger partial charge on any atom is -0.494 e. The van der Waals surface area contributed by atoms with Gasteiger partial charge in [0, 0.05) is 25.2 Å². The summed E-state index contributed by atoms with van der Waals surface area (Å²) in [7, 11) is 0. The van der Waals surface area contributed by atoms with Gasteiger partial charge in [-0.25, -0.2) is 4.99 Å². The second-order valence-electron chi connectivity index (χ2n) is 6.62. The Bertz CT molecular complexity index is 607. The van der Waals surface area contributed by atoms with E-state index in [1.165, 1.54) is 4.90 Å². The van der Waals surface area contributed by atoms with Crippen molar-refractivity contribution in [3.63, 3.8) is 0 Å². The molecule has 0 aliphatic carbocycles. The maximum Gasteiger partial charge on any atom is 0.401 e. The Labute approximate surface area is 159 Å². The molecule has 0 bridgehead atoms. The van der Waals surface area contributed by atoms with Crippen LogP contribution >= 0.6 is 0 Å². The molecule has 152 valence electrons. The first-order valence-electron chi connectivity index (χ1n) is 9.43. The highest BCUT2D eigenvalue weighted by atomic mass is 19.4. The molecule has 1 saturated heterocycles. The van der Waals surface area contributed by atoms with Gasteiger partial charge >= 0.3 is 6.18 Å². The molecule has 2 N–H and O–H groups in total. The molecule has 2 rings (SSSR count). The quantitative estimate of drug-likeness (QED) is 0.533. The van der Waals surface area contributed by atoms with Gasteiger partial charge in [-0.2, -0.15) is 13.2 Å². The molecule has 1 heterocycles. The van der Waals surface area contributed by atoms with Crippen LogP contribution in [0, 0.1) is 5.92 Å². The monoisotopic (exact) mass is 386 g/mol. The minimum absolute atomic E-state index is 0.187. The lowest BCUT2D eigenvalue weighted by atomic mass is 10.1. The van der Waals surface area contributed by atoms with Gasteiger partial charge in [0.1, 0.15) is 5.75 Å². The Balaban J connectivity index is 1.87. The lowest BCUT2D eigenvalue weighted by molar-refractivity contribution is -0.143. The van der Waals surface area contributed by atoms with Crippen molar-refractivity contribution in [3.05, 3.63) is 29.8 Å². The molecule has 5 nitrogen and oxygen atoms in total. The first-order chi connectivity index (χ1) is 12.9. The second kappa shape index (κ2) is 10.4. The highest BCUT2D eigenvalue weighted by Gasteiger charge is 2.34. The van der Waals surface area contributed by atoms with E-state index in [0.29, 0.717) is 45.3 Å². The number of nitrogens with zero attached hydrogens (tertiary/aromatic N) is 2. The van der Waals surface area contributed by atoms with Crippen molar-refractivity contribution in [2.24, 2.45) is 10.9 Å². The summed E-state index contributed by atoms with van der Waals surface area (Å²) >= 11 is 0. The van der Waals surface area contributed by atoms with Gasteiger partial charge in [0.25, 0.3) is 0 Å². The van der Waals surface area contributed by atoms with Crippen LogP contribution in [0.25, 0.3) is 0 Å². The Morgan fingerprint density at radius 3 is 2.74 bits per heavy atom. The summed E-state index contributed by atoms with van der Waals surface area (Å²) in [6.07, 6.45) is -3.37. The first kappa shape index (κ1) is 21.3. The number of nitrogens with one attached hydrogen (secondary N) is 2. The summed E-state index contributed by atoms with van der Waals surface area (Å²) in [4.78, 5) is 6.05. The molecule has 1 aromatic rings. The molecule has 1 unspecified atom stereocenters. The molecule has 8 heteroatoms. The predicted molar refractivity (Wildman–Crippen MR) is 101 cm³/mol. The van der Waals surface area contributed by atoms with Gasteiger partial charge in [0.2, 0.25) is 0 Å². The summed E-state index contributed by atoms with van der Waals surface area (Å²) in [5.74, 6) is 1.67. The van der Waals surface area contributed by atoms with Crippen molar-refractivity contribution in [1.82, 2.24) is 15.5 Å². The molecule has 1 fully saturated rings. The van der Waals surface area contributed by atoms with E-state index in [0.717, 1.165) is 17.7 Å². The molecule has 1 aliphatic heterocycles. The third kappa shape index (κ3) is 7.66. The molecule has 0 spiro atoms. The average molecular weight is 386 g/mol. The molecule has 1 aromatic carbocycles. The number of hydrogen-bond donors (Lipinski definition) is 2. The van der Waals surface area contributed by atoms with E-state index in [1.54, 1.807) is 0 Å². The van der Waals surface area contributed by atoms with Crippen molar-refractivity contribution >= 4 is 5.96 Å². The summed E-state index contributed by atoms with van der Waals surface area (Å²) in [6, 6.07) is 7.77. The van der Waals surface area contributed by atoms with E-state index in [1.807, 2.05) is 38.1 Å². The van der Waals surface area contributed by atoms with Gasteiger partial charge in [-0.3, -0.25) is 4.90 Å². The lowest BCUT2D eigenvalue weighted by Crippen LogP contribution is -2.40. The van der Waals surface area contributed by atoms with Crippen LogP contribution in [0.1, 0.15) is 25.8 Å². The van der Waals surface area contributed by atoms with Gasteiger partial charge in [-0.05, 0) is 38.8 Å². The number of likely N-dealkylation sites (tertiary alicyclic amines) is 1. The van der Waals surface area contributed by atoms with Crippen molar-refractivity contribution in [2.75, 3.05) is 39.3 Å². The number of benzene rings is 1. The molecule has 27 heavy (non-hydrogen) atoms. The highest BCUT2D eigenvalue weighted by molar-refractivity contribution is 5.79. The molecular formula is C19H29F3N4O. The highest BCUT2D eigenvalue weighted by Crippen LogP contribution is 2.22. The smallest absolute Gasteiger partial charge is 0.401 e. The largest absolute Gasteiger partial charge is 0.494 e. The van der Waals surface area contributed by atoms with Gasteiger partial charge in [0.05, 0.1) is 19.7 Å². The van der Waals surface area contributed by atoms with E-state index in [2.05, 4.69) is 15.6 Å². The molecular weight excluding hydrogens is 357 g/mol. The zero-order chi connectivity index (χ0) is 19.7. The van der Waals surface area contributed by atoms with Crippen molar-refractivity contribution in [3.8, 4) is 5.75 Å². The van der Waals surface area contributed by atoms with Crippen LogP contribution in [0.2, 0.25) is 0 Å². The van der Waals surface area contributed by atoms with Crippen LogP contribution in [-0.4, -0.2) is 56.4 Å². The number of para-hydroxylation sites is 1. The Hall–Kier alpha value is -1.96.